The minimum atomic E-state index is -0.310. The summed E-state index contributed by atoms with van der Waals surface area (Å²) < 4.78 is 0. The fraction of sp³-hybridized carbons (Fsp3) is 0. The van der Waals surface area contributed by atoms with Gasteiger partial charge in [-0.3, -0.25) is 4.79 Å². The Morgan fingerprint density at radius 3 is 3.10 bits per heavy atom. The Hall–Kier alpha value is -1.65. The van der Waals surface area contributed by atoms with E-state index >= 15 is 0 Å². The Labute approximate surface area is 55.9 Å². The van der Waals surface area contributed by atoms with E-state index in [1.54, 1.807) is 6.08 Å². The van der Waals surface area contributed by atoms with Gasteiger partial charge in [-0.05, 0) is 11.3 Å². The normalized spacial score (nSPS) is 20.6. The summed E-state index contributed by atoms with van der Waals surface area (Å²) in [4.78, 5) is 14.1. The molecule has 0 aromatic carbocycles. The molecular formula is C5H2N4O. The molecule has 0 bridgehead atoms. The van der Waals surface area contributed by atoms with Crippen molar-refractivity contribution >= 4 is 17.5 Å². The predicted molar refractivity (Wildman–Crippen MR) is 33.9 cm³/mol. The molecular weight excluding hydrogens is 132 g/mol. The van der Waals surface area contributed by atoms with Gasteiger partial charge in [0.1, 0.15) is 5.71 Å². The van der Waals surface area contributed by atoms with Gasteiger partial charge < -0.3 is 0 Å². The first kappa shape index (κ1) is 5.16. The number of aliphatic imine (C=N–C) groups is 1. The zero-order valence-corrected chi connectivity index (χ0v) is 4.85. The van der Waals surface area contributed by atoms with Gasteiger partial charge in [0.25, 0.3) is 5.91 Å². The van der Waals surface area contributed by atoms with Crippen LogP contribution in [0.5, 0.6) is 0 Å². The molecule has 2 heterocycles. The molecule has 2 rings (SSSR count). The van der Waals surface area contributed by atoms with E-state index in [0.29, 0.717) is 11.5 Å². The van der Waals surface area contributed by atoms with Crippen LogP contribution < -0.4 is 0 Å². The van der Waals surface area contributed by atoms with E-state index in [9.17, 15) is 4.79 Å². The van der Waals surface area contributed by atoms with Crippen LogP contribution in [0.4, 0.5) is 0 Å². The van der Waals surface area contributed by atoms with Crippen LogP contribution in [0, 0.1) is 0 Å². The van der Waals surface area contributed by atoms with E-state index in [1.165, 1.54) is 6.08 Å². The van der Waals surface area contributed by atoms with E-state index in [1.807, 2.05) is 0 Å². The fourth-order valence-electron chi connectivity index (χ4n) is 0.688. The Morgan fingerprint density at radius 2 is 2.20 bits per heavy atom. The van der Waals surface area contributed by atoms with Crippen molar-refractivity contribution in [2.45, 2.75) is 0 Å². The topological polar surface area (TPSA) is 66.5 Å². The molecule has 0 aromatic heterocycles. The van der Waals surface area contributed by atoms with E-state index in [-0.39, 0.29) is 5.91 Å². The lowest BCUT2D eigenvalue weighted by atomic mass is 10.2. The highest BCUT2D eigenvalue weighted by Gasteiger charge is 2.16. The maximum absolute atomic E-state index is 10.6. The van der Waals surface area contributed by atoms with Crippen molar-refractivity contribution in [1.82, 2.24) is 0 Å². The minimum absolute atomic E-state index is 0.310. The van der Waals surface area contributed by atoms with Gasteiger partial charge in [-0.25, -0.2) is 0 Å². The SMILES string of the molecule is O=C1C=CC2=NN=NC2=N1. The van der Waals surface area contributed by atoms with Gasteiger partial charge >= 0.3 is 0 Å². The highest BCUT2D eigenvalue weighted by molar-refractivity contribution is 6.49. The highest BCUT2D eigenvalue weighted by atomic mass is 16.1. The second-order valence-electron chi connectivity index (χ2n) is 1.78. The molecule has 2 aliphatic rings. The van der Waals surface area contributed by atoms with E-state index < -0.39 is 0 Å². The molecule has 2 aliphatic heterocycles. The number of dihydropyridines is 1. The summed E-state index contributed by atoms with van der Waals surface area (Å²) in [5.41, 5.74) is 0.555. The van der Waals surface area contributed by atoms with Crippen molar-refractivity contribution in [3.05, 3.63) is 12.2 Å². The van der Waals surface area contributed by atoms with E-state index in [0.717, 1.165) is 0 Å². The van der Waals surface area contributed by atoms with Crippen LogP contribution in [0.15, 0.2) is 32.6 Å². The fourth-order valence-corrected chi connectivity index (χ4v) is 0.688. The average molecular weight is 134 g/mol. The number of carbonyl (C=O) groups excluding carboxylic acids is 1. The summed E-state index contributed by atoms with van der Waals surface area (Å²) in [5.74, 6) is 0.00213. The van der Waals surface area contributed by atoms with Crippen molar-refractivity contribution in [1.29, 1.82) is 0 Å². The number of hydrogen-bond acceptors (Lipinski definition) is 4. The molecule has 48 valence electrons. The molecule has 0 spiro atoms. The van der Waals surface area contributed by atoms with Gasteiger partial charge in [0.05, 0.1) is 0 Å². The Bertz CT molecular complexity index is 310. The smallest absolute Gasteiger partial charge is 0.267 e. The standard InChI is InChI=1S/C5H2N4O/c10-4-2-1-3-5(6-4)8-9-7-3/h1-2H. The molecule has 0 fully saturated rings. The van der Waals surface area contributed by atoms with Crippen LogP contribution in [0.25, 0.3) is 0 Å². The van der Waals surface area contributed by atoms with Crippen molar-refractivity contribution in [2.75, 3.05) is 0 Å². The number of carbonyl (C=O) groups is 1. The van der Waals surface area contributed by atoms with Crippen molar-refractivity contribution in [2.24, 2.45) is 20.4 Å². The molecule has 0 N–H and O–H groups in total. The molecule has 1 amide bonds. The molecule has 0 aliphatic carbocycles. The second kappa shape index (κ2) is 1.66. The molecule has 0 aromatic rings. The maximum atomic E-state index is 10.6. The maximum Gasteiger partial charge on any atom is 0.271 e. The van der Waals surface area contributed by atoms with Gasteiger partial charge in [0.15, 0.2) is 0 Å². The zero-order chi connectivity index (χ0) is 6.97. The Kier molecular flexibility index (Phi) is 0.858. The Balaban J connectivity index is 2.51. The molecule has 0 atom stereocenters. The molecule has 0 saturated carbocycles. The quantitative estimate of drug-likeness (QED) is 0.469. The van der Waals surface area contributed by atoms with Crippen molar-refractivity contribution in [3.8, 4) is 0 Å². The van der Waals surface area contributed by atoms with Gasteiger partial charge in [0.2, 0.25) is 5.84 Å². The molecule has 0 saturated heterocycles. The highest BCUT2D eigenvalue weighted by Crippen LogP contribution is 2.05. The summed E-state index contributed by atoms with van der Waals surface area (Å²) >= 11 is 0. The summed E-state index contributed by atoms with van der Waals surface area (Å²) in [6.45, 7) is 0. The van der Waals surface area contributed by atoms with Crippen LogP contribution in [-0.2, 0) is 4.79 Å². The number of nitrogens with zero attached hydrogens (tertiary/aromatic N) is 4. The lowest BCUT2D eigenvalue weighted by Gasteiger charge is -1.94. The largest absolute Gasteiger partial charge is 0.271 e. The Morgan fingerprint density at radius 1 is 1.30 bits per heavy atom. The number of amides is 1. The van der Waals surface area contributed by atoms with Crippen LogP contribution in [0.3, 0.4) is 0 Å². The number of rotatable bonds is 0. The van der Waals surface area contributed by atoms with Gasteiger partial charge in [-0.15, -0.1) is 10.2 Å². The summed E-state index contributed by atoms with van der Waals surface area (Å²) in [6, 6.07) is 0. The third-order valence-electron chi connectivity index (χ3n) is 1.12. The lowest BCUT2D eigenvalue weighted by molar-refractivity contribution is -0.113. The summed E-state index contributed by atoms with van der Waals surface area (Å²) in [7, 11) is 0. The lowest BCUT2D eigenvalue weighted by Crippen LogP contribution is -2.12. The number of amidine groups is 1. The van der Waals surface area contributed by atoms with Crippen LogP contribution in [0.2, 0.25) is 0 Å². The first-order valence-corrected chi connectivity index (χ1v) is 2.66. The van der Waals surface area contributed by atoms with Gasteiger partial charge in [0, 0.05) is 6.08 Å². The van der Waals surface area contributed by atoms with Crippen molar-refractivity contribution in [3.63, 3.8) is 0 Å². The van der Waals surface area contributed by atoms with Crippen molar-refractivity contribution < 1.29 is 4.79 Å². The van der Waals surface area contributed by atoms with E-state index in [2.05, 4.69) is 20.4 Å². The second-order valence-corrected chi connectivity index (χ2v) is 1.78. The molecule has 5 heteroatoms. The zero-order valence-electron chi connectivity index (χ0n) is 4.85. The average Bonchev–Trinajstić information content (AvgIpc) is 2.33. The number of hydrogen-bond donors (Lipinski definition) is 0. The third-order valence-corrected chi connectivity index (χ3v) is 1.12. The first-order valence-electron chi connectivity index (χ1n) is 2.66. The molecule has 5 nitrogen and oxygen atoms in total. The molecule has 0 unspecified atom stereocenters. The minimum Gasteiger partial charge on any atom is -0.267 e. The predicted octanol–water partition coefficient (Wildman–Crippen LogP) is 0.303. The van der Waals surface area contributed by atoms with Gasteiger partial charge in [-0.2, -0.15) is 4.99 Å². The number of fused-ring (bicyclic) bond motifs is 1. The van der Waals surface area contributed by atoms with Crippen LogP contribution in [0.1, 0.15) is 0 Å². The van der Waals surface area contributed by atoms with Crippen LogP contribution in [-0.4, -0.2) is 17.5 Å². The summed E-state index contributed by atoms with van der Waals surface area (Å²) in [5, 5.41) is 10.4. The summed E-state index contributed by atoms with van der Waals surface area (Å²) in [6.07, 6.45) is 2.88. The molecule has 10 heavy (non-hydrogen) atoms. The monoisotopic (exact) mass is 134 g/mol. The van der Waals surface area contributed by atoms with Crippen LogP contribution >= 0.6 is 0 Å². The van der Waals surface area contributed by atoms with Gasteiger partial charge in [-0.1, -0.05) is 0 Å². The first-order chi connectivity index (χ1) is 4.86. The molecule has 0 radical (unpaired) electrons. The van der Waals surface area contributed by atoms with E-state index in [4.69, 9.17) is 0 Å². The third kappa shape index (κ3) is 0.604.